The van der Waals surface area contributed by atoms with E-state index in [0.29, 0.717) is 11.5 Å². The van der Waals surface area contributed by atoms with Crippen LogP contribution in [0.2, 0.25) is 0 Å². The van der Waals surface area contributed by atoms with Crippen LogP contribution in [-0.2, 0) is 0 Å². The van der Waals surface area contributed by atoms with Gasteiger partial charge in [0, 0.05) is 23.4 Å². The third-order valence-corrected chi connectivity index (χ3v) is 3.15. The Balaban J connectivity index is 1.90. The number of hydrogen-bond donors (Lipinski definition) is 2. The highest BCUT2D eigenvalue weighted by Crippen LogP contribution is 2.24. The molecule has 0 aliphatic carbocycles. The van der Waals surface area contributed by atoms with Crippen LogP contribution in [-0.4, -0.2) is 14.9 Å². The van der Waals surface area contributed by atoms with Crippen molar-refractivity contribution in [3.63, 3.8) is 0 Å². The zero-order chi connectivity index (χ0) is 14.8. The quantitative estimate of drug-likeness (QED) is 0.437. The lowest BCUT2D eigenvalue weighted by molar-refractivity contribution is -0.384. The first-order valence-electron chi connectivity index (χ1n) is 6.29. The number of aromatic amines is 1. The second-order valence-corrected chi connectivity index (χ2v) is 4.57. The summed E-state index contributed by atoms with van der Waals surface area (Å²) in [7, 11) is 0. The van der Waals surface area contributed by atoms with Gasteiger partial charge in [0.05, 0.1) is 16.8 Å². The number of benzene rings is 2. The van der Waals surface area contributed by atoms with Crippen molar-refractivity contribution in [2.75, 3.05) is 5.73 Å². The topological polar surface area (TPSA) is 97.8 Å². The van der Waals surface area contributed by atoms with Crippen LogP contribution in [0.25, 0.3) is 22.6 Å². The maximum atomic E-state index is 10.6. The molecule has 0 unspecified atom stereocenters. The van der Waals surface area contributed by atoms with Crippen LogP contribution >= 0.6 is 0 Å². The normalized spacial score (nSPS) is 10.5. The zero-order valence-electron chi connectivity index (χ0n) is 11.0. The first-order valence-corrected chi connectivity index (χ1v) is 6.29. The number of anilines is 1. The summed E-state index contributed by atoms with van der Waals surface area (Å²) in [6, 6.07) is 13.7. The van der Waals surface area contributed by atoms with Gasteiger partial charge in [0.1, 0.15) is 5.82 Å². The number of non-ortho nitro benzene ring substituents is 1. The summed E-state index contributed by atoms with van der Waals surface area (Å²) >= 11 is 0. The van der Waals surface area contributed by atoms with E-state index >= 15 is 0 Å². The average molecular weight is 280 g/mol. The lowest BCUT2D eigenvalue weighted by Crippen LogP contribution is -1.88. The van der Waals surface area contributed by atoms with Gasteiger partial charge in [0.25, 0.3) is 5.69 Å². The number of nitro groups is 1. The minimum Gasteiger partial charge on any atom is -0.399 e. The Morgan fingerprint density at radius 3 is 2.24 bits per heavy atom. The molecule has 6 nitrogen and oxygen atoms in total. The summed E-state index contributed by atoms with van der Waals surface area (Å²) in [5, 5.41) is 10.6. The molecule has 3 N–H and O–H groups in total. The fourth-order valence-electron chi connectivity index (χ4n) is 2.02. The average Bonchev–Trinajstić information content (AvgIpc) is 2.98. The number of nitro benzene ring substituents is 1. The molecular weight excluding hydrogens is 268 g/mol. The van der Waals surface area contributed by atoms with Gasteiger partial charge in [-0.1, -0.05) is 12.1 Å². The molecule has 6 heteroatoms. The molecule has 0 saturated heterocycles. The molecule has 3 aromatic rings. The largest absolute Gasteiger partial charge is 0.399 e. The second-order valence-electron chi connectivity index (χ2n) is 4.57. The molecule has 1 aromatic heterocycles. The number of nitrogens with two attached hydrogens (primary N) is 1. The summed E-state index contributed by atoms with van der Waals surface area (Å²) < 4.78 is 0. The fraction of sp³-hybridized carbons (Fsp3) is 0. The van der Waals surface area contributed by atoms with E-state index in [2.05, 4.69) is 9.97 Å². The predicted octanol–water partition coefficient (Wildman–Crippen LogP) is 3.23. The Morgan fingerprint density at radius 1 is 1.00 bits per heavy atom. The van der Waals surface area contributed by atoms with E-state index in [-0.39, 0.29) is 5.69 Å². The molecule has 0 radical (unpaired) electrons. The minimum absolute atomic E-state index is 0.0593. The number of nitrogens with zero attached hydrogens (tertiary/aromatic N) is 2. The summed E-state index contributed by atoms with van der Waals surface area (Å²) in [5.74, 6) is 0.664. The van der Waals surface area contributed by atoms with Gasteiger partial charge < -0.3 is 10.7 Å². The van der Waals surface area contributed by atoms with Gasteiger partial charge in [-0.15, -0.1) is 0 Å². The molecule has 0 aliphatic heterocycles. The van der Waals surface area contributed by atoms with Crippen LogP contribution < -0.4 is 5.73 Å². The van der Waals surface area contributed by atoms with E-state index in [1.807, 2.05) is 24.3 Å². The maximum absolute atomic E-state index is 10.6. The Kier molecular flexibility index (Phi) is 3.12. The minimum atomic E-state index is -0.425. The molecule has 0 saturated carbocycles. The number of nitrogen functional groups attached to an aromatic ring is 1. The van der Waals surface area contributed by atoms with Gasteiger partial charge in [-0.3, -0.25) is 10.1 Å². The Morgan fingerprint density at radius 2 is 1.62 bits per heavy atom. The standard InChI is InChI=1S/C15H12N4O2/c16-12-5-1-10(2-6-12)14-9-17-15(18-14)11-3-7-13(8-4-11)19(20)21/h1-9H,16H2,(H,17,18). The van der Waals surface area contributed by atoms with Crippen molar-refractivity contribution in [3.8, 4) is 22.6 Å². The second kappa shape index (κ2) is 5.09. The van der Waals surface area contributed by atoms with Crippen molar-refractivity contribution in [1.29, 1.82) is 0 Å². The summed E-state index contributed by atoms with van der Waals surface area (Å²) in [6.07, 6.45) is 1.72. The van der Waals surface area contributed by atoms with E-state index in [0.717, 1.165) is 16.8 Å². The third-order valence-electron chi connectivity index (χ3n) is 3.15. The monoisotopic (exact) mass is 280 g/mol. The molecule has 104 valence electrons. The molecular formula is C15H12N4O2. The molecule has 2 aromatic carbocycles. The zero-order valence-corrected chi connectivity index (χ0v) is 11.0. The van der Waals surface area contributed by atoms with Gasteiger partial charge in [0.15, 0.2) is 0 Å². The van der Waals surface area contributed by atoms with Crippen LogP contribution in [0.4, 0.5) is 11.4 Å². The number of H-pyrrole nitrogens is 1. The number of imidazole rings is 1. The fourth-order valence-corrected chi connectivity index (χ4v) is 2.02. The first-order chi connectivity index (χ1) is 10.1. The molecule has 0 aliphatic rings. The van der Waals surface area contributed by atoms with E-state index < -0.39 is 4.92 Å². The van der Waals surface area contributed by atoms with Crippen molar-refractivity contribution < 1.29 is 4.92 Å². The van der Waals surface area contributed by atoms with Crippen molar-refractivity contribution in [1.82, 2.24) is 9.97 Å². The predicted molar refractivity (Wildman–Crippen MR) is 80.5 cm³/mol. The van der Waals surface area contributed by atoms with Gasteiger partial charge in [-0.05, 0) is 29.8 Å². The number of rotatable bonds is 3. The van der Waals surface area contributed by atoms with E-state index in [1.165, 1.54) is 12.1 Å². The number of nitrogens with one attached hydrogen (secondary N) is 1. The Bertz CT molecular complexity index is 776. The Labute approximate surface area is 120 Å². The van der Waals surface area contributed by atoms with Gasteiger partial charge >= 0.3 is 0 Å². The van der Waals surface area contributed by atoms with Crippen LogP contribution in [0.5, 0.6) is 0 Å². The molecule has 0 fully saturated rings. The van der Waals surface area contributed by atoms with Crippen LogP contribution in [0.1, 0.15) is 0 Å². The van der Waals surface area contributed by atoms with Crippen molar-refractivity contribution in [2.45, 2.75) is 0 Å². The van der Waals surface area contributed by atoms with Gasteiger partial charge in [-0.2, -0.15) is 0 Å². The summed E-state index contributed by atoms with van der Waals surface area (Å²) in [6.45, 7) is 0. The molecule has 3 rings (SSSR count). The van der Waals surface area contributed by atoms with Gasteiger partial charge in [0.2, 0.25) is 0 Å². The van der Waals surface area contributed by atoms with Gasteiger partial charge in [-0.25, -0.2) is 4.98 Å². The number of aromatic nitrogens is 2. The maximum Gasteiger partial charge on any atom is 0.269 e. The SMILES string of the molecule is Nc1ccc(-c2cnc(-c3ccc([N+](=O)[O-])cc3)[nH]2)cc1. The van der Waals surface area contributed by atoms with E-state index in [1.54, 1.807) is 18.3 Å². The first kappa shape index (κ1) is 12.9. The highest BCUT2D eigenvalue weighted by Gasteiger charge is 2.08. The van der Waals surface area contributed by atoms with Crippen molar-refractivity contribution in [3.05, 3.63) is 64.8 Å². The van der Waals surface area contributed by atoms with E-state index in [9.17, 15) is 10.1 Å². The van der Waals surface area contributed by atoms with Crippen LogP contribution in [0.15, 0.2) is 54.7 Å². The molecule has 0 bridgehead atoms. The summed E-state index contributed by atoms with van der Waals surface area (Å²) in [4.78, 5) is 17.7. The highest BCUT2D eigenvalue weighted by molar-refractivity contribution is 5.66. The number of hydrogen-bond acceptors (Lipinski definition) is 4. The molecule has 0 atom stereocenters. The molecule has 1 heterocycles. The van der Waals surface area contributed by atoms with Crippen LogP contribution in [0.3, 0.4) is 0 Å². The smallest absolute Gasteiger partial charge is 0.269 e. The van der Waals surface area contributed by atoms with E-state index in [4.69, 9.17) is 5.73 Å². The third kappa shape index (κ3) is 2.59. The highest BCUT2D eigenvalue weighted by atomic mass is 16.6. The molecule has 0 amide bonds. The molecule has 0 spiro atoms. The summed E-state index contributed by atoms with van der Waals surface area (Å²) in [5.41, 5.74) is 9.06. The lowest BCUT2D eigenvalue weighted by atomic mass is 10.1. The van der Waals surface area contributed by atoms with Crippen molar-refractivity contribution >= 4 is 11.4 Å². The van der Waals surface area contributed by atoms with Crippen molar-refractivity contribution in [2.24, 2.45) is 0 Å². The van der Waals surface area contributed by atoms with Crippen LogP contribution in [0, 0.1) is 10.1 Å². The Hall–Kier alpha value is -3.15. The molecule has 21 heavy (non-hydrogen) atoms. The lowest BCUT2D eigenvalue weighted by Gasteiger charge is -1.99.